The zero-order valence-corrected chi connectivity index (χ0v) is 17.7. The van der Waals surface area contributed by atoms with Crippen LogP contribution in [0.1, 0.15) is 5.56 Å². The van der Waals surface area contributed by atoms with Crippen LogP contribution in [0.25, 0.3) is 33.4 Å². The fourth-order valence-electron chi connectivity index (χ4n) is 4.74. The first kappa shape index (κ1) is 17.2. The molecule has 1 heterocycles. The highest BCUT2D eigenvalue weighted by atomic mass is 28.3. The van der Waals surface area contributed by atoms with Crippen LogP contribution in [0.3, 0.4) is 0 Å². The molecule has 1 aliphatic heterocycles. The van der Waals surface area contributed by atoms with Crippen molar-refractivity contribution in [3.8, 4) is 33.4 Å². The van der Waals surface area contributed by atoms with Gasteiger partial charge in [0, 0.05) is 0 Å². The van der Waals surface area contributed by atoms with E-state index in [0.29, 0.717) is 0 Å². The van der Waals surface area contributed by atoms with E-state index in [4.69, 9.17) is 0 Å². The number of fused-ring (bicyclic) bond motifs is 7. The molecule has 0 aliphatic carbocycles. The van der Waals surface area contributed by atoms with Gasteiger partial charge in [0.25, 0.3) is 0 Å². The summed E-state index contributed by atoms with van der Waals surface area (Å²) >= 11 is 0. The molecule has 0 nitrogen and oxygen atoms in total. The Morgan fingerprint density at radius 1 is 0.464 bits per heavy atom. The summed E-state index contributed by atoms with van der Waals surface area (Å²) in [5.41, 5.74) is 9.44. The molecule has 0 saturated heterocycles. The molecule has 5 rings (SSSR count). The van der Waals surface area contributed by atoms with Crippen LogP contribution in [-0.2, 0) is 0 Å². The Bertz CT molecular complexity index is 1200. The van der Waals surface area contributed by atoms with Gasteiger partial charge in [-0.25, -0.2) is 0 Å². The van der Waals surface area contributed by atoms with Gasteiger partial charge < -0.3 is 0 Å². The minimum atomic E-state index is -1.90. The van der Waals surface area contributed by atoms with Gasteiger partial charge in [-0.1, -0.05) is 110 Å². The van der Waals surface area contributed by atoms with Gasteiger partial charge in [-0.15, -0.1) is 0 Å². The fourth-order valence-corrected chi connectivity index (χ4v) is 7.84. The maximum absolute atomic E-state index is 2.49. The zero-order valence-electron chi connectivity index (χ0n) is 16.7. The van der Waals surface area contributed by atoms with E-state index in [1.165, 1.54) is 49.3 Å². The average molecular weight is 377 g/mol. The molecule has 1 aliphatic rings. The second-order valence-electron chi connectivity index (χ2n) is 8.31. The second-order valence-corrected chi connectivity index (χ2v) is 12.6. The summed E-state index contributed by atoms with van der Waals surface area (Å²) in [4.78, 5) is 0. The van der Waals surface area contributed by atoms with E-state index in [-0.39, 0.29) is 0 Å². The lowest BCUT2D eigenvalue weighted by Crippen LogP contribution is -2.54. The smallest absolute Gasteiger partial charge is 0.0623 e. The van der Waals surface area contributed by atoms with Crippen LogP contribution in [0.5, 0.6) is 0 Å². The molecular formula is C27H24Si. The van der Waals surface area contributed by atoms with E-state index in [1.54, 1.807) is 0 Å². The SMILES string of the molecule is Cc1ccc2c(c1)-c1ccccc1[Si](C)(C)c1ccccc1-c1ccccc1-2. The van der Waals surface area contributed by atoms with Crippen molar-refractivity contribution in [1.29, 1.82) is 0 Å². The average Bonchev–Trinajstić information content (AvgIpc) is 2.76. The van der Waals surface area contributed by atoms with Crippen molar-refractivity contribution in [2.75, 3.05) is 0 Å². The van der Waals surface area contributed by atoms with Gasteiger partial charge in [-0.2, -0.15) is 0 Å². The molecule has 136 valence electrons. The topological polar surface area (TPSA) is 0 Å². The molecule has 0 N–H and O–H groups in total. The lowest BCUT2D eigenvalue weighted by atomic mass is 9.88. The van der Waals surface area contributed by atoms with Crippen molar-refractivity contribution in [3.63, 3.8) is 0 Å². The third kappa shape index (κ3) is 2.51. The van der Waals surface area contributed by atoms with Crippen molar-refractivity contribution >= 4 is 18.4 Å². The molecule has 0 amide bonds. The Hall–Kier alpha value is -2.90. The Morgan fingerprint density at radius 2 is 0.893 bits per heavy atom. The molecular weight excluding hydrogens is 352 g/mol. The fraction of sp³-hybridized carbons (Fsp3) is 0.111. The van der Waals surface area contributed by atoms with Crippen molar-refractivity contribution in [3.05, 3.63) is 96.6 Å². The Labute approximate surface area is 168 Å². The molecule has 0 radical (unpaired) electrons. The third-order valence-corrected chi connectivity index (χ3v) is 9.74. The van der Waals surface area contributed by atoms with E-state index < -0.39 is 8.07 Å². The minimum Gasteiger partial charge on any atom is -0.0623 e. The molecule has 0 spiro atoms. The first-order chi connectivity index (χ1) is 13.6. The summed E-state index contributed by atoms with van der Waals surface area (Å²) in [7, 11) is -1.90. The van der Waals surface area contributed by atoms with Gasteiger partial charge in [0.2, 0.25) is 0 Å². The molecule has 4 aromatic rings. The Morgan fingerprint density at radius 3 is 1.50 bits per heavy atom. The quantitative estimate of drug-likeness (QED) is 0.324. The van der Waals surface area contributed by atoms with Crippen LogP contribution in [0, 0.1) is 6.92 Å². The second kappa shape index (κ2) is 6.32. The van der Waals surface area contributed by atoms with Crippen LogP contribution in [0.4, 0.5) is 0 Å². The lowest BCUT2D eigenvalue weighted by molar-refractivity contribution is 1.46. The summed E-state index contributed by atoms with van der Waals surface area (Å²) in [5.74, 6) is 0. The normalized spacial score (nSPS) is 13.8. The summed E-state index contributed by atoms with van der Waals surface area (Å²) < 4.78 is 0. The van der Waals surface area contributed by atoms with E-state index in [9.17, 15) is 0 Å². The van der Waals surface area contributed by atoms with Crippen LogP contribution in [0.15, 0.2) is 91.0 Å². The number of benzene rings is 4. The highest BCUT2D eigenvalue weighted by molar-refractivity contribution is 7.02. The summed E-state index contributed by atoms with van der Waals surface area (Å²) in [6.07, 6.45) is 0. The molecule has 1 heteroatoms. The molecule has 0 atom stereocenters. The van der Waals surface area contributed by atoms with Crippen LogP contribution >= 0.6 is 0 Å². The molecule has 28 heavy (non-hydrogen) atoms. The van der Waals surface area contributed by atoms with Gasteiger partial charge in [0.15, 0.2) is 0 Å². The molecule has 0 saturated carbocycles. The maximum Gasteiger partial charge on any atom is 0.113 e. The summed E-state index contributed by atoms with van der Waals surface area (Å²) in [6, 6.07) is 33.9. The molecule has 0 aromatic heterocycles. The monoisotopic (exact) mass is 376 g/mol. The van der Waals surface area contributed by atoms with Crippen molar-refractivity contribution in [2.24, 2.45) is 0 Å². The largest absolute Gasteiger partial charge is 0.113 e. The number of hydrogen-bond acceptors (Lipinski definition) is 0. The number of rotatable bonds is 0. The molecule has 0 unspecified atom stereocenters. The highest BCUT2D eigenvalue weighted by Gasteiger charge is 2.33. The lowest BCUT2D eigenvalue weighted by Gasteiger charge is -2.28. The first-order valence-electron chi connectivity index (χ1n) is 9.97. The van der Waals surface area contributed by atoms with E-state index >= 15 is 0 Å². The molecule has 4 aromatic carbocycles. The van der Waals surface area contributed by atoms with Crippen molar-refractivity contribution in [2.45, 2.75) is 20.0 Å². The first-order valence-corrected chi connectivity index (χ1v) is 13.0. The zero-order chi connectivity index (χ0) is 19.3. The van der Waals surface area contributed by atoms with E-state index in [2.05, 4.69) is 111 Å². The van der Waals surface area contributed by atoms with Gasteiger partial charge >= 0.3 is 0 Å². The van der Waals surface area contributed by atoms with Gasteiger partial charge in [0.05, 0.1) is 0 Å². The standard InChI is InChI=1S/C27H24Si/c1-19-16-17-22-20-10-4-5-11-21(20)23-12-6-8-14-26(23)28(2,3)27-15-9-7-13-24(27)25(22)18-19/h4-18H,1-3H3. The van der Waals surface area contributed by atoms with Gasteiger partial charge in [0.1, 0.15) is 8.07 Å². The molecule has 0 bridgehead atoms. The van der Waals surface area contributed by atoms with Crippen molar-refractivity contribution in [1.82, 2.24) is 0 Å². The van der Waals surface area contributed by atoms with Crippen molar-refractivity contribution < 1.29 is 0 Å². The summed E-state index contributed by atoms with van der Waals surface area (Å²) in [6.45, 7) is 7.18. The van der Waals surface area contributed by atoms with Crippen LogP contribution in [-0.4, -0.2) is 8.07 Å². The maximum atomic E-state index is 2.49. The van der Waals surface area contributed by atoms with Gasteiger partial charge in [-0.05, 0) is 50.7 Å². The predicted octanol–water partition coefficient (Wildman–Crippen LogP) is 6.13. The predicted molar refractivity (Wildman–Crippen MR) is 124 cm³/mol. The number of aryl methyl sites for hydroxylation is 1. The van der Waals surface area contributed by atoms with E-state index in [1.807, 2.05) is 0 Å². The van der Waals surface area contributed by atoms with Gasteiger partial charge in [-0.3, -0.25) is 0 Å². The Kier molecular flexibility index (Phi) is 3.89. The number of hydrogen-bond donors (Lipinski definition) is 0. The van der Waals surface area contributed by atoms with E-state index in [0.717, 1.165) is 0 Å². The minimum absolute atomic E-state index is 1.31. The third-order valence-electron chi connectivity index (χ3n) is 6.17. The van der Waals surface area contributed by atoms with Crippen LogP contribution in [0.2, 0.25) is 13.1 Å². The Balaban J connectivity index is 2.02. The molecule has 0 fully saturated rings. The summed E-state index contributed by atoms with van der Waals surface area (Å²) in [5, 5.41) is 3.03. The van der Waals surface area contributed by atoms with Crippen LogP contribution < -0.4 is 10.4 Å². The highest BCUT2D eigenvalue weighted by Crippen LogP contribution is 2.40.